The maximum Gasteiger partial charge on any atom is 0.119 e. The van der Waals surface area contributed by atoms with Crippen molar-refractivity contribution in [2.45, 2.75) is 62.6 Å². The molecule has 110 valence electrons. The van der Waals surface area contributed by atoms with Crippen LogP contribution in [-0.2, 0) is 0 Å². The van der Waals surface area contributed by atoms with Crippen LogP contribution in [0.3, 0.4) is 0 Å². The van der Waals surface area contributed by atoms with Gasteiger partial charge in [0.05, 0.1) is 13.2 Å². The first-order valence-corrected chi connectivity index (χ1v) is 7.82. The minimum Gasteiger partial charge on any atom is -0.497 e. The lowest BCUT2D eigenvalue weighted by Gasteiger charge is -2.40. The number of aliphatic hydroxyl groups excluding tert-OH is 1. The first-order chi connectivity index (χ1) is 9.74. The van der Waals surface area contributed by atoms with Gasteiger partial charge in [-0.15, -0.1) is 0 Å². The predicted molar refractivity (Wildman–Crippen MR) is 80.2 cm³/mol. The summed E-state index contributed by atoms with van der Waals surface area (Å²) >= 11 is 0. The van der Waals surface area contributed by atoms with Crippen molar-refractivity contribution in [2.75, 3.05) is 7.11 Å². The highest BCUT2D eigenvalue weighted by atomic mass is 16.5. The minimum absolute atomic E-state index is 0.0875. The highest BCUT2D eigenvalue weighted by Gasteiger charge is 2.32. The summed E-state index contributed by atoms with van der Waals surface area (Å²) in [5.74, 6) is 1.62. The standard InChI is InChI=1S/C17H25NO2/c1-20-17-7-2-4-12(10-17)13-8-15(9-13)18-14-5-3-6-16(19)11-14/h2,4,7,10,13-16,18-19H,3,5-6,8-9,11H2,1H3. The van der Waals surface area contributed by atoms with Gasteiger partial charge in [-0.25, -0.2) is 0 Å². The molecule has 2 atom stereocenters. The van der Waals surface area contributed by atoms with Gasteiger partial charge in [0.15, 0.2) is 0 Å². The summed E-state index contributed by atoms with van der Waals surface area (Å²) in [5, 5.41) is 13.4. The molecule has 1 aromatic rings. The number of hydrogen-bond donors (Lipinski definition) is 2. The fourth-order valence-corrected chi connectivity index (χ4v) is 3.57. The molecule has 0 spiro atoms. The zero-order chi connectivity index (χ0) is 13.9. The lowest BCUT2D eigenvalue weighted by molar-refractivity contribution is 0.102. The van der Waals surface area contributed by atoms with E-state index in [1.807, 2.05) is 6.07 Å². The molecule has 3 rings (SSSR count). The van der Waals surface area contributed by atoms with Crippen LogP contribution in [0.2, 0.25) is 0 Å². The van der Waals surface area contributed by atoms with Crippen molar-refractivity contribution in [1.29, 1.82) is 0 Å². The van der Waals surface area contributed by atoms with Crippen LogP contribution in [0, 0.1) is 0 Å². The fourth-order valence-electron chi connectivity index (χ4n) is 3.57. The fraction of sp³-hybridized carbons (Fsp3) is 0.647. The van der Waals surface area contributed by atoms with Crippen LogP contribution in [0.25, 0.3) is 0 Å². The van der Waals surface area contributed by atoms with Crippen LogP contribution in [0.5, 0.6) is 5.75 Å². The SMILES string of the molecule is COc1cccc(C2CC(NC3CCCC(O)C3)C2)c1. The van der Waals surface area contributed by atoms with E-state index in [2.05, 4.69) is 23.5 Å². The zero-order valence-corrected chi connectivity index (χ0v) is 12.2. The van der Waals surface area contributed by atoms with Crippen LogP contribution in [0.15, 0.2) is 24.3 Å². The Balaban J connectivity index is 1.48. The smallest absolute Gasteiger partial charge is 0.119 e. The first kappa shape index (κ1) is 13.9. The number of hydrogen-bond acceptors (Lipinski definition) is 3. The van der Waals surface area contributed by atoms with Crippen LogP contribution < -0.4 is 10.1 Å². The second kappa shape index (κ2) is 6.15. The first-order valence-electron chi connectivity index (χ1n) is 7.82. The van der Waals surface area contributed by atoms with Gasteiger partial charge in [0, 0.05) is 12.1 Å². The van der Waals surface area contributed by atoms with E-state index in [1.165, 1.54) is 24.8 Å². The maximum absolute atomic E-state index is 9.72. The van der Waals surface area contributed by atoms with Gasteiger partial charge in [0.2, 0.25) is 0 Å². The quantitative estimate of drug-likeness (QED) is 0.888. The summed E-state index contributed by atoms with van der Waals surface area (Å²) < 4.78 is 5.29. The summed E-state index contributed by atoms with van der Waals surface area (Å²) in [6.45, 7) is 0. The summed E-state index contributed by atoms with van der Waals surface area (Å²) in [7, 11) is 1.72. The normalized spacial score (nSPS) is 33.5. The zero-order valence-electron chi connectivity index (χ0n) is 12.2. The van der Waals surface area contributed by atoms with E-state index < -0.39 is 0 Å². The van der Waals surface area contributed by atoms with Crippen molar-refractivity contribution in [3.63, 3.8) is 0 Å². The molecule has 0 radical (unpaired) electrons. The third kappa shape index (κ3) is 3.15. The minimum atomic E-state index is -0.0875. The molecule has 2 fully saturated rings. The molecule has 20 heavy (non-hydrogen) atoms. The third-order valence-electron chi connectivity index (χ3n) is 4.82. The molecule has 3 nitrogen and oxygen atoms in total. The molecule has 1 aromatic carbocycles. The molecule has 2 unspecified atom stereocenters. The Morgan fingerprint density at radius 3 is 2.75 bits per heavy atom. The van der Waals surface area contributed by atoms with Crippen molar-refractivity contribution in [3.05, 3.63) is 29.8 Å². The van der Waals surface area contributed by atoms with E-state index >= 15 is 0 Å². The molecule has 0 heterocycles. The van der Waals surface area contributed by atoms with Crippen LogP contribution in [0.4, 0.5) is 0 Å². The summed E-state index contributed by atoms with van der Waals surface area (Å²) in [4.78, 5) is 0. The highest BCUT2D eigenvalue weighted by molar-refractivity contribution is 5.32. The third-order valence-corrected chi connectivity index (χ3v) is 4.82. The van der Waals surface area contributed by atoms with Gasteiger partial charge < -0.3 is 15.2 Å². The van der Waals surface area contributed by atoms with Crippen LogP contribution in [-0.4, -0.2) is 30.4 Å². The molecule has 0 bridgehead atoms. The lowest BCUT2D eigenvalue weighted by Crippen LogP contribution is -2.47. The molecule has 0 saturated heterocycles. The van der Waals surface area contributed by atoms with Gasteiger partial charge in [-0.3, -0.25) is 0 Å². The van der Waals surface area contributed by atoms with E-state index in [0.717, 1.165) is 25.0 Å². The Hall–Kier alpha value is -1.06. The van der Waals surface area contributed by atoms with Crippen molar-refractivity contribution in [2.24, 2.45) is 0 Å². The summed E-state index contributed by atoms with van der Waals surface area (Å²) in [5.41, 5.74) is 1.39. The van der Waals surface area contributed by atoms with Gasteiger partial charge in [0.1, 0.15) is 5.75 Å². The topological polar surface area (TPSA) is 41.5 Å². The van der Waals surface area contributed by atoms with Crippen molar-refractivity contribution in [1.82, 2.24) is 5.32 Å². The molecule has 2 aliphatic carbocycles. The van der Waals surface area contributed by atoms with E-state index in [-0.39, 0.29) is 6.10 Å². The second-order valence-corrected chi connectivity index (χ2v) is 6.33. The number of benzene rings is 1. The molecule has 3 heteroatoms. The predicted octanol–water partition coefficient (Wildman–Crippen LogP) is 2.83. The lowest BCUT2D eigenvalue weighted by atomic mass is 9.75. The number of nitrogens with one attached hydrogen (secondary N) is 1. The van der Waals surface area contributed by atoms with Crippen molar-refractivity contribution >= 4 is 0 Å². The Morgan fingerprint density at radius 2 is 2.00 bits per heavy atom. The van der Waals surface area contributed by atoms with Crippen molar-refractivity contribution in [3.8, 4) is 5.75 Å². The van der Waals surface area contributed by atoms with Gasteiger partial charge >= 0.3 is 0 Å². The van der Waals surface area contributed by atoms with Gasteiger partial charge in [-0.05, 0) is 62.1 Å². The number of methoxy groups -OCH3 is 1. The van der Waals surface area contributed by atoms with Gasteiger partial charge in [0.25, 0.3) is 0 Å². The summed E-state index contributed by atoms with van der Waals surface area (Å²) in [6, 6.07) is 9.59. The summed E-state index contributed by atoms with van der Waals surface area (Å²) in [6.07, 6.45) is 6.62. The highest BCUT2D eigenvalue weighted by Crippen LogP contribution is 2.38. The molecular formula is C17H25NO2. The number of aliphatic hydroxyl groups is 1. The average molecular weight is 275 g/mol. The van der Waals surface area contributed by atoms with Crippen LogP contribution >= 0.6 is 0 Å². The molecular weight excluding hydrogens is 250 g/mol. The average Bonchev–Trinajstić information content (AvgIpc) is 2.42. The monoisotopic (exact) mass is 275 g/mol. The van der Waals surface area contributed by atoms with E-state index in [0.29, 0.717) is 18.0 Å². The Bertz CT molecular complexity index is 442. The molecule has 0 aromatic heterocycles. The number of ether oxygens (including phenoxy) is 1. The van der Waals surface area contributed by atoms with Gasteiger partial charge in [-0.1, -0.05) is 12.1 Å². The molecule has 0 amide bonds. The van der Waals surface area contributed by atoms with E-state index in [4.69, 9.17) is 4.74 Å². The second-order valence-electron chi connectivity index (χ2n) is 6.33. The Labute approximate surface area is 121 Å². The van der Waals surface area contributed by atoms with E-state index in [1.54, 1.807) is 7.11 Å². The molecule has 2 N–H and O–H groups in total. The van der Waals surface area contributed by atoms with E-state index in [9.17, 15) is 5.11 Å². The molecule has 0 aliphatic heterocycles. The molecule has 2 aliphatic rings. The van der Waals surface area contributed by atoms with Crippen LogP contribution in [0.1, 0.15) is 50.0 Å². The Kier molecular flexibility index (Phi) is 4.27. The number of rotatable bonds is 4. The molecule has 2 saturated carbocycles. The maximum atomic E-state index is 9.72. The van der Waals surface area contributed by atoms with Crippen molar-refractivity contribution < 1.29 is 9.84 Å². The van der Waals surface area contributed by atoms with Gasteiger partial charge in [-0.2, -0.15) is 0 Å². The Morgan fingerprint density at radius 1 is 1.15 bits per heavy atom. The largest absolute Gasteiger partial charge is 0.497 e.